The fourth-order valence-corrected chi connectivity index (χ4v) is 1.68. The van der Waals surface area contributed by atoms with Gasteiger partial charge in [-0.3, -0.25) is 0 Å². The van der Waals surface area contributed by atoms with Gasteiger partial charge in [-0.25, -0.2) is 0 Å². The first kappa shape index (κ1) is 13.9. The fraction of sp³-hybridized carbons (Fsp3) is 1.00. The molecule has 0 aromatic rings. The zero-order valence-electron chi connectivity index (χ0n) is 10.5. The molecule has 2 nitrogen and oxygen atoms in total. The molecule has 0 bridgehead atoms. The highest BCUT2D eigenvalue weighted by molar-refractivity contribution is 4.67. The lowest BCUT2D eigenvalue weighted by Crippen LogP contribution is -2.34. The van der Waals surface area contributed by atoms with Crippen LogP contribution in [0.3, 0.4) is 0 Å². The topological polar surface area (TPSA) is 15.3 Å². The average Bonchev–Trinajstić information content (AvgIpc) is 2.23. The van der Waals surface area contributed by atoms with Crippen LogP contribution < -0.4 is 5.32 Å². The van der Waals surface area contributed by atoms with Gasteiger partial charge < -0.3 is 10.2 Å². The molecule has 0 rings (SSSR count). The summed E-state index contributed by atoms with van der Waals surface area (Å²) in [5.41, 5.74) is 0. The van der Waals surface area contributed by atoms with Gasteiger partial charge in [0.1, 0.15) is 0 Å². The van der Waals surface area contributed by atoms with E-state index in [0.717, 1.165) is 12.6 Å². The van der Waals surface area contributed by atoms with Gasteiger partial charge in [0.05, 0.1) is 0 Å². The van der Waals surface area contributed by atoms with Crippen molar-refractivity contribution in [2.24, 2.45) is 0 Å². The van der Waals surface area contributed by atoms with E-state index in [-0.39, 0.29) is 0 Å². The highest BCUT2D eigenvalue weighted by Crippen LogP contribution is 2.00. The summed E-state index contributed by atoms with van der Waals surface area (Å²) in [6, 6.07) is 0.718. The summed E-state index contributed by atoms with van der Waals surface area (Å²) in [6.07, 6.45) is 3.78. The maximum absolute atomic E-state index is 3.60. The molecule has 1 atom stereocenters. The van der Waals surface area contributed by atoms with Crippen molar-refractivity contribution in [1.29, 1.82) is 0 Å². The molecule has 0 spiro atoms. The van der Waals surface area contributed by atoms with Crippen LogP contribution >= 0.6 is 0 Å². The third-order valence-corrected chi connectivity index (χ3v) is 2.86. The number of hydrogen-bond acceptors (Lipinski definition) is 2. The Labute approximate surface area is 90.1 Å². The summed E-state index contributed by atoms with van der Waals surface area (Å²) in [5, 5.41) is 3.60. The Hall–Kier alpha value is -0.0800. The van der Waals surface area contributed by atoms with Gasteiger partial charge in [-0.1, -0.05) is 27.7 Å². The Morgan fingerprint density at radius 3 is 2.14 bits per heavy atom. The molecule has 0 aliphatic heterocycles. The molecule has 0 aromatic heterocycles. The minimum absolute atomic E-state index is 0.718. The molecule has 0 radical (unpaired) electrons. The molecule has 1 N–H and O–H groups in total. The summed E-state index contributed by atoms with van der Waals surface area (Å²) < 4.78 is 0. The number of nitrogens with one attached hydrogen (secondary N) is 1. The predicted octanol–water partition coefficient (Wildman–Crippen LogP) is 2.50. The Kier molecular flexibility index (Phi) is 9.42. The summed E-state index contributed by atoms with van der Waals surface area (Å²) in [6.45, 7) is 13.7. The Morgan fingerprint density at radius 1 is 1.07 bits per heavy atom. The van der Waals surface area contributed by atoms with Crippen LogP contribution in [0.2, 0.25) is 0 Å². The lowest BCUT2D eigenvalue weighted by molar-refractivity contribution is 0.279. The lowest BCUT2D eigenvalue weighted by Gasteiger charge is -2.22. The van der Waals surface area contributed by atoms with E-state index in [0.29, 0.717) is 0 Å². The van der Waals surface area contributed by atoms with Crippen molar-refractivity contribution < 1.29 is 0 Å². The molecule has 86 valence electrons. The smallest absolute Gasteiger partial charge is 0.00766 e. The van der Waals surface area contributed by atoms with Crippen molar-refractivity contribution in [3.05, 3.63) is 0 Å². The highest BCUT2D eigenvalue weighted by Gasteiger charge is 2.06. The van der Waals surface area contributed by atoms with Gasteiger partial charge in [-0.05, 0) is 45.4 Å². The standard InChI is InChI=1S/C12H28N2/c1-5-10-13-12(6-2)9-11-14(7-3)8-4/h12-13H,5-11H2,1-4H3. The van der Waals surface area contributed by atoms with E-state index in [4.69, 9.17) is 0 Å². The summed E-state index contributed by atoms with van der Waals surface area (Å²) >= 11 is 0. The quantitative estimate of drug-likeness (QED) is 0.615. The molecule has 0 saturated carbocycles. The molecule has 14 heavy (non-hydrogen) atoms. The Morgan fingerprint density at radius 2 is 1.71 bits per heavy atom. The van der Waals surface area contributed by atoms with Crippen molar-refractivity contribution in [2.75, 3.05) is 26.2 Å². The maximum atomic E-state index is 3.60. The number of hydrogen-bond donors (Lipinski definition) is 1. The van der Waals surface area contributed by atoms with Gasteiger partial charge in [0.15, 0.2) is 0 Å². The fourth-order valence-electron chi connectivity index (χ4n) is 1.68. The van der Waals surface area contributed by atoms with Gasteiger partial charge in [0.25, 0.3) is 0 Å². The first-order chi connectivity index (χ1) is 6.78. The van der Waals surface area contributed by atoms with Gasteiger partial charge in [0.2, 0.25) is 0 Å². The predicted molar refractivity (Wildman–Crippen MR) is 64.8 cm³/mol. The van der Waals surface area contributed by atoms with Crippen LogP contribution in [0.5, 0.6) is 0 Å². The van der Waals surface area contributed by atoms with Crippen LogP contribution in [0.4, 0.5) is 0 Å². The molecular weight excluding hydrogens is 172 g/mol. The molecule has 0 heterocycles. The van der Waals surface area contributed by atoms with E-state index in [2.05, 4.69) is 37.9 Å². The van der Waals surface area contributed by atoms with E-state index >= 15 is 0 Å². The summed E-state index contributed by atoms with van der Waals surface area (Å²) in [5.74, 6) is 0. The second-order valence-electron chi connectivity index (χ2n) is 3.87. The molecule has 0 fully saturated rings. The minimum atomic E-state index is 0.718. The number of nitrogens with zero attached hydrogens (tertiary/aromatic N) is 1. The Bertz CT molecular complexity index is 111. The third-order valence-electron chi connectivity index (χ3n) is 2.86. The SMILES string of the molecule is CCCNC(CC)CCN(CC)CC. The van der Waals surface area contributed by atoms with Crippen LogP contribution in [-0.4, -0.2) is 37.1 Å². The largest absolute Gasteiger partial charge is 0.314 e. The first-order valence-corrected chi connectivity index (χ1v) is 6.24. The van der Waals surface area contributed by atoms with E-state index in [1.165, 1.54) is 38.9 Å². The monoisotopic (exact) mass is 200 g/mol. The van der Waals surface area contributed by atoms with Crippen LogP contribution in [-0.2, 0) is 0 Å². The molecular formula is C12H28N2. The second-order valence-corrected chi connectivity index (χ2v) is 3.87. The summed E-state index contributed by atoms with van der Waals surface area (Å²) in [4.78, 5) is 2.50. The van der Waals surface area contributed by atoms with Crippen LogP contribution in [0.1, 0.15) is 47.0 Å². The first-order valence-electron chi connectivity index (χ1n) is 6.24. The maximum Gasteiger partial charge on any atom is 0.00766 e. The van der Waals surface area contributed by atoms with Crippen LogP contribution in [0.15, 0.2) is 0 Å². The van der Waals surface area contributed by atoms with Crippen molar-refractivity contribution >= 4 is 0 Å². The van der Waals surface area contributed by atoms with Crippen molar-refractivity contribution in [2.45, 2.75) is 53.0 Å². The van der Waals surface area contributed by atoms with E-state index in [1.807, 2.05) is 0 Å². The molecule has 0 amide bonds. The third kappa shape index (κ3) is 6.39. The average molecular weight is 200 g/mol. The van der Waals surface area contributed by atoms with Crippen molar-refractivity contribution in [1.82, 2.24) is 10.2 Å². The van der Waals surface area contributed by atoms with Gasteiger partial charge >= 0.3 is 0 Å². The lowest BCUT2D eigenvalue weighted by atomic mass is 10.1. The molecule has 1 unspecified atom stereocenters. The molecule has 0 aliphatic rings. The molecule has 0 saturated heterocycles. The zero-order chi connectivity index (χ0) is 10.8. The molecule has 0 aromatic carbocycles. The Balaban J connectivity index is 3.59. The normalized spacial score (nSPS) is 13.5. The summed E-state index contributed by atoms with van der Waals surface area (Å²) in [7, 11) is 0. The van der Waals surface area contributed by atoms with Crippen LogP contribution in [0.25, 0.3) is 0 Å². The zero-order valence-corrected chi connectivity index (χ0v) is 10.5. The number of rotatable bonds is 9. The molecule has 2 heteroatoms. The highest BCUT2D eigenvalue weighted by atomic mass is 15.1. The molecule has 0 aliphatic carbocycles. The van der Waals surface area contributed by atoms with E-state index in [9.17, 15) is 0 Å². The van der Waals surface area contributed by atoms with E-state index in [1.54, 1.807) is 0 Å². The van der Waals surface area contributed by atoms with Gasteiger partial charge in [-0.2, -0.15) is 0 Å². The second kappa shape index (κ2) is 9.47. The van der Waals surface area contributed by atoms with E-state index < -0.39 is 0 Å². The van der Waals surface area contributed by atoms with Crippen molar-refractivity contribution in [3.8, 4) is 0 Å². The van der Waals surface area contributed by atoms with Crippen molar-refractivity contribution in [3.63, 3.8) is 0 Å². The van der Waals surface area contributed by atoms with Crippen LogP contribution in [0, 0.1) is 0 Å². The van der Waals surface area contributed by atoms with Gasteiger partial charge in [0, 0.05) is 6.04 Å². The van der Waals surface area contributed by atoms with Gasteiger partial charge in [-0.15, -0.1) is 0 Å². The minimum Gasteiger partial charge on any atom is -0.314 e.